The van der Waals surface area contributed by atoms with Gasteiger partial charge in [0.15, 0.2) is 0 Å². The summed E-state index contributed by atoms with van der Waals surface area (Å²) < 4.78 is 0. The minimum absolute atomic E-state index is 0.0335. The summed E-state index contributed by atoms with van der Waals surface area (Å²) in [6.45, 7) is 4.00. The average Bonchev–Trinajstić information content (AvgIpc) is 2.74. The van der Waals surface area contributed by atoms with Crippen molar-refractivity contribution in [3.8, 4) is 0 Å². The Balaban J connectivity index is 2.12. The quantitative estimate of drug-likeness (QED) is 0.753. The fourth-order valence-corrected chi connectivity index (χ4v) is 2.72. The third-order valence-electron chi connectivity index (χ3n) is 2.78. The predicted molar refractivity (Wildman–Crippen MR) is 80.2 cm³/mol. The minimum atomic E-state index is -0.169. The van der Waals surface area contributed by atoms with Crippen LogP contribution < -0.4 is 16.8 Å². The molecule has 19 heavy (non-hydrogen) atoms. The van der Waals surface area contributed by atoms with Crippen LogP contribution in [-0.2, 0) is 0 Å². The number of amides is 1. The standard InChI is InChI=1S/C14H17N3OS/c1-8-3-4-13(19-8)9(2)17-14(18)10-5-11(15)7-12(16)6-10/h3-7,9H,15-16H2,1-2H3,(H,17,18). The van der Waals surface area contributed by atoms with Crippen molar-refractivity contribution >= 4 is 28.6 Å². The van der Waals surface area contributed by atoms with Crippen LogP contribution in [0.25, 0.3) is 0 Å². The zero-order valence-electron chi connectivity index (χ0n) is 10.9. The van der Waals surface area contributed by atoms with Gasteiger partial charge in [-0.05, 0) is 44.2 Å². The first-order valence-corrected chi connectivity index (χ1v) is 6.80. The van der Waals surface area contributed by atoms with Crippen molar-refractivity contribution in [2.45, 2.75) is 19.9 Å². The molecule has 0 radical (unpaired) electrons. The summed E-state index contributed by atoms with van der Waals surface area (Å²) in [5, 5.41) is 2.94. The Labute approximate surface area is 116 Å². The molecular formula is C14H17N3OS. The first-order valence-electron chi connectivity index (χ1n) is 5.99. The van der Waals surface area contributed by atoms with Gasteiger partial charge in [0.25, 0.3) is 5.91 Å². The van der Waals surface area contributed by atoms with E-state index in [2.05, 4.69) is 5.32 Å². The molecule has 100 valence electrons. The van der Waals surface area contributed by atoms with Crippen LogP contribution >= 0.6 is 11.3 Å². The molecule has 0 aliphatic carbocycles. The molecule has 0 aliphatic rings. The van der Waals surface area contributed by atoms with E-state index in [1.165, 1.54) is 4.88 Å². The lowest BCUT2D eigenvalue weighted by molar-refractivity contribution is 0.0940. The second-order valence-electron chi connectivity index (χ2n) is 4.53. The van der Waals surface area contributed by atoms with Crippen LogP contribution in [-0.4, -0.2) is 5.91 Å². The van der Waals surface area contributed by atoms with E-state index < -0.39 is 0 Å². The number of nitrogens with two attached hydrogens (primary N) is 2. The lowest BCUT2D eigenvalue weighted by Gasteiger charge is -2.13. The number of carbonyl (C=O) groups is 1. The summed E-state index contributed by atoms with van der Waals surface area (Å²) in [6, 6.07) is 8.91. The van der Waals surface area contributed by atoms with Crippen LogP contribution in [0.15, 0.2) is 30.3 Å². The molecule has 0 fully saturated rings. The van der Waals surface area contributed by atoms with Gasteiger partial charge in [-0.2, -0.15) is 0 Å². The maximum atomic E-state index is 12.1. The predicted octanol–water partition coefficient (Wildman–Crippen LogP) is 2.71. The van der Waals surface area contributed by atoms with Crippen molar-refractivity contribution in [1.29, 1.82) is 0 Å². The Kier molecular flexibility index (Phi) is 3.76. The lowest BCUT2D eigenvalue weighted by Crippen LogP contribution is -2.26. The molecule has 5 heteroatoms. The zero-order valence-corrected chi connectivity index (χ0v) is 11.8. The number of hydrogen-bond acceptors (Lipinski definition) is 4. The SMILES string of the molecule is Cc1ccc(C(C)NC(=O)c2cc(N)cc(N)c2)s1. The number of hydrogen-bond donors (Lipinski definition) is 3. The molecule has 1 aromatic carbocycles. The molecule has 1 atom stereocenters. The number of thiophene rings is 1. The number of carbonyl (C=O) groups excluding carboxylic acids is 1. The topological polar surface area (TPSA) is 81.1 Å². The smallest absolute Gasteiger partial charge is 0.251 e. The molecule has 2 aromatic rings. The van der Waals surface area contributed by atoms with Gasteiger partial charge in [0.2, 0.25) is 0 Å². The summed E-state index contributed by atoms with van der Waals surface area (Å²) in [5.74, 6) is -0.169. The molecule has 4 nitrogen and oxygen atoms in total. The maximum absolute atomic E-state index is 12.1. The van der Waals surface area contributed by atoms with E-state index in [-0.39, 0.29) is 11.9 Å². The van der Waals surface area contributed by atoms with E-state index in [9.17, 15) is 4.79 Å². The average molecular weight is 275 g/mol. The number of rotatable bonds is 3. The molecule has 1 unspecified atom stereocenters. The highest BCUT2D eigenvalue weighted by Gasteiger charge is 2.13. The molecule has 0 saturated heterocycles. The van der Waals surface area contributed by atoms with Gasteiger partial charge in [-0.15, -0.1) is 11.3 Å². The normalized spacial score (nSPS) is 12.1. The summed E-state index contributed by atoms with van der Waals surface area (Å²) in [4.78, 5) is 14.5. The van der Waals surface area contributed by atoms with Crippen LogP contribution in [0.1, 0.15) is 33.1 Å². The van der Waals surface area contributed by atoms with Gasteiger partial charge in [0.05, 0.1) is 6.04 Å². The molecule has 1 aromatic heterocycles. The van der Waals surface area contributed by atoms with Crippen LogP contribution in [0.5, 0.6) is 0 Å². The molecule has 0 saturated carbocycles. The van der Waals surface area contributed by atoms with E-state index in [1.54, 1.807) is 29.5 Å². The number of nitrogen functional groups attached to an aromatic ring is 2. The first-order chi connectivity index (χ1) is 8.95. The van der Waals surface area contributed by atoms with Crippen molar-refractivity contribution in [3.63, 3.8) is 0 Å². The minimum Gasteiger partial charge on any atom is -0.399 e. The molecule has 0 bridgehead atoms. The first kappa shape index (κ1) is 13.4. The third kappa shape index (κ3) is 3.26. The van der Waals surface area contributed by atoms with E-state index >= 15 is 0 Å². The number of nitrogens with one attached hydrogen (secondary N) is 1. The molecule has 0 aliphatic heterocycles. The van der Waals surface area contributed by atoms with Gasteiger partial charge in [-0.3, -0.25) is 4.79 Å². The fraction of sp³-hybridized carbons (Fsp3) is 0.214. The zero-order chi connectivity index (χ0) is 14.0. The highest BCUT2D eigenvalue weighted by molar-refractivity contribution is 7.12. The van der Waals surface area contributed by atoms with E-state index in [1.807, 2.05) is 26.0 Å². The summed E-state index contributed by atoms with van der Waals surface area (Å²) in [5.41, 5.74) is 12.8. The van der Waals surface area contributed by atoms with Gasteiger partial charge >= 0.3 is 0 Å². The number of anilines is 2. The molecule has 1 heterocycles. The highest BCUT2D eigenvalue weighted by atomic mass is 32.1. The van der Waals surface area contributed by atoms with Crippen LogP contribution in [0, 0.1) is 6.92 Å². The van der Waals surface area contributed by atoms with Crippen LogP contribution in [0.3, 0.4) is 0 Å². The second kappa shape index (κ2) is 5.32. The maximum Gasteiger partial charge on any atom is 0.251 e. The van der Waals surface area contributed by atoms with Gasteiger partial charge in [0, 0.05) is 26.7 Å². The third-order valence-corrected chi connectivity index (χ3v) is 3.96. The summed E-state index contributed by atoms with van der Waals surface area (Å²) in [7, 11) is 0. The van der Waals surface area contributed by atoms with Crippen LogP contribution in [0.2, 0.25) is 0 Å². The number of aryl methyl sites for hydroxylation is 1. The number of benzene rings is 1. The lowest BCUT2D eigenvalue weighted by atomic mass is 10.1. The Bertz CT molecular complexity index is 586. The summed E-state index contributed by atoms with van der Waals surface area (Å²) in [6.07, 6.45) is 0. The van der Waals surface area contributed by atoms with Gasteiger partial charge in [-0.1, -0.05) is 0 Å². The Morgan fingerprint density at radius 1 is 1.21 bits per heavy atom. The molecule has 1 amide bonds. The molecule has 0 spiro atoms. The van der Waals surface area contributed by atoms with E-state index in [4.69, 9.17) is 11.5 Å². The monoisotopic (exact) mass is 275 g/mol. The molecular weight excluding hydrogens is 258 g/mol. The Morgan fingerprint density at radius 2 is 1.84 bits per heavy atom. The van der Waals surface area contributed by atoms with E-state index in [0.717, 1.165) is 4.88 Å². The summed E-state index contributed by atoms with van der Waals surface area (Å²) >= 11 is 1.68. The second-order valence-corrected chi connectivity index (χ2v) is 5.85. The molecule has 2 rings (SSSR count). The van der Waals surface area contributed by atoms with Crippen molar-refractivity contribution in [1.82, 2.24) is 5.32 Å². The largest absolute Gasteiger partial charge is 0.399 e. The van der Waals surface area contributed by atoms with Gasteiger partial charge in [0.1, 0.15) is 0 Å². The van der Waals surface area contributed by atoms with E-state index in [0.29, 0.717) is 16.9 Å². The Morgan fingerprint density at radius 3 is 2.37 bits per heavy atom. The Hall–Kier alpha value is -2.01. The fourth-order valence-electron chi connectivity index (χ4n) is 1.84. The highest BCUT2D eigenvalue weighted by Crippen LogP contribution is 2.23. The van der Waals surface area contributed by atoms with Crippen molar-refractivity contribution in [3.05, 3.63) is 45.6 Å². The van der Waals surface area contributed by atoms with Crippen molar-refractivity contribution < 1.29 is 4.79 Å². The van der Waals surface area contributed by atoms with Gasteiger partial charge < -0.3 is 16.8 Å². The van der Waals surface area contributed by atoms with Crippen LogP contribution in [0.4, 0.5) is 11.4 Å². The molecule has 5 N–H and O–H groups in total. The van der Waals surface area contributed by atoms with Crippen molar-refractivity contribution in [2.75, 3.05) is 11.5 Å². The van der Waals surface area contributed by atoms with Gasteiger partial charge in [-0.25, -0.2) is 0 Å². The van der Waals surface area contributed by atoms with Crippen molar-refractivity contribution in [2.24, 2.45) is 0 Å².